The number of rotatable bonds is 16. The van der Waals surface area contributed by atoms with Crippen LogP contribution in [0.5, 0.6) is 0 Å². The normalized spacial score (nSPS) is 18.1. The predicted octanol–water partition coefficient (Wildman–Crippen LogP) is 8.90. The third-order valence-corrected chi connectivity index (χ3v) is 13.4. The van der Waals surface area contributed by atoms with Crippen LogP contribution in [0.25, 0.3) is 11.1 Å². The summed E-state index contributed by atoms with van der Waals surface area (Å²) in [5.74, 6) is 0.149. The van der Waals surface area contributed by atoms with Crippen molar-refractivity contribution in [3.05, 3.63) is 185 Å². The minimum atomic E-state index is -3.97. The minimum Gasteiger partial charge on any atom is -0.392 e. The number of aliphatic hydroxyl groups is 1. The van der Waals surface area contributed by atoms with Gasteiger partial charge in [0.15, 0.2) is 6.29 Å². The van der Waals surface area contributed by atoms with E-state index in [0.29, 0.717) is 5.75 Å². The second-order valence-corrected chi connectivity index (χ2v) is 18.4. The highest BCUT2D eigenvalue weighted by Crippen LogP contribution is 2.43. The monoisotopic (exact) mass is 869 g/mol. The summed E-state index contributed by atoms with van der Waals surface area (Å²) in [5.41, 5.74) is 7.98. The molecule has 1 fully saturated rings. The van der Waals surface area contributed by atoms with Crippen molar-refractivity contribution in [3.8, 4) is 11.1 Å². The van der Waals surface area contributed by atoms with E-state index in [0.717, 1.165) is 55.1 Å². The van der Waals surface area contributed by atoms with Gasteiger partial charge in [0.25, 0.3) is 0 Å². The summed E-state index contributed by atoms with van der Waals surface area (Å²) in [6, 6.07) is 46.4. The fourth-order valence-corrected chi connectivity index (χ4v) is 9.61. The molecule has 0 bridgehead atoms. The van der Waals surface area contributed by atoms with Crippen molar-refractivity contribution in [2.24, 2.45) is 5.92 Å². The number of nitrogens with one attached hydrogen (secondary N) is 3. The Balaban J connectivity index is 1.04. The molecule has 0 aromatic heterocycles. The molecule has 4 N–H and O–H groups in total. The van der Waals surface area contributed by atoms with Crippen LogP contribution in [0, 0.1) is 12.8 Å². The summed E-state index contributed by atoms with van der Waals surface area (Å²) in [4.78, 5) is 26.3. The first-order chi connectivity index (χ1) is 29.9. The number of carbonyl (C=O) groups is 2. The van der Waals surface area contributed by atoms with Crippen LogP contribution in [-0.4, -0.2) is 43.2 Å². The van der Waals surface area contributed by atoms with Crippen LogP contribution in [0.15, 0.2) is 161 Å². The van der Waals surface area contributed by atoms with Gasteiger partial charge in [0.05, 0.1) is 23.7 Å². The summed E-state index contributed by atoms with van der Waals surface area (Å²) in [7, 11) is -3.97. The zero-order valence-corrected chi connectivity index (χ0v) is 36.5. The first kappa shape index (κ1) is 44.5. The molecule has 1 saturated heterocycles. The number of hydrogen-bond acceptors (Lipinski definition) is 8. The van der Waals surface area contributed by atoms with Gasteiger partial charge < -0.3 is 25.2 Å². The Labute approximate surface area is 368 Å². The highest BCUT2D eigenvalue weighted by atomic mass is 32.2. The second-order valence-electron chi connectivity index (χ2n) is 15.6. The number of sulfonamides is 1. The molecule has 320 valence electrons. The van der Waals surface area contributed by atoms with Crippen LogP contribution in [0.4, 0.5) is 5.69 Å². The third-order valence-electron chi connectivity index (χ3n) is 10.9. The summed E-state index contributed by atoms with van der Waals surface area (Å²) in [6.45, 7) is 5.67. The number of amides is 2. The van der Waals surface area contributed by atoms with Crippen LogP contribution in [-0.2, 0) is 48.7 Å². The van der Waals surface area contributed by atoms with Gasteiger partial charge in [0.1, 0.15) is 6.04 Å². The molecule has 0 unspecified atom stereocenters. The second kappa shape index (κ2) is 20.5. The fourth-order valence-electron chi connectivity index (χ4n) is 7.34. The lowest BCUT2D eigenvalue weighted by Gasteiger charge is -2.41. The quantitative estimate of drug-likeness (QED) is 0.0707. The lowest BCUT2D eigenvalue weighted by molar-refractivity contribution is -0.268. The third kappa shape index (κ3) is 11.6. The molecular formula is C50H51N3O7S2. The molecule has 62 heavy (non-hydrogen) atoms. The molecule has 0 radical (unpaired) electrons. The largest absolute Gasteiger partial charge is 0.392 e. The number of aliphatic hydroxyl groups excluding tert-OH is 1. The van der Waals surface area contributed by atoms with Gasteiger partial charge in [-0.25, -0.2) is 8.42 Å². The Morgan fingerprint density at radius 3 is 2.10 bits per heavy atom. The number of aryl methyl sites for hydroxylation is 1. The van der Waals surface area contributed by atoms with Crippen molar-refractivity contribution in [1.29, 1.82) is 0 Å². The Bertz CT molecular complexity index is 2540. The van der Waals surface area contributed by atoms with Gasteiger partial charge in [-0.05, 0) is 89.2 Å². The Morgan fingerprint density at radius 2 is 1.42 bits per heavy atom. The highest BCUT2D eigenvalue weighted by molar-refractivity contribution is 7.99. The smallest absolute Gasteiger partial charge is 0.241 e. The summed E-state index contributed by atoms with van der Waals surface area (Å²) >= 11 is 1.69. The highest BCUT2D eigenvalue weighted by Gasteiger charge is 2.38. The maximum Gasteiger partial charge on any atom is 0.241 e. The molecular weight excluding hydrogens is 819 g/mol. The maximum absolute atomic E-state index is 13.7. The summed E-state index contributed by atoms with van der Waals surface area (Å²) in [6.07, 6.45) is -0.869. The molecule has 10 nitrogen and oxygen atoms in total. The van der Waals surface area contributed by atoms with Crippen molar-refractivity contribution in [2.75, 3.05) is 11.1 Å². The van der Waals surface area contributed by atoms with Crippen LogP contribution >= 0.6 is 11.8 Å². The van der Waals surface area contributed by atoms with E-state index in [1.807, 2.05) is 134 Å². The molecule has 7 rings (SSSR count). The molecule has 2 amide bonds. The van der Waals surface area contributed by atoms with E-state index < -0.39 is 28.3 Å². The average molecular weight is 870 g/mol. The molecule has 6 aromatic rings. The number of anilines is 1. The van der Waals surface area contributed by atoms with Crippen LogP contribution in [0.3, 0.4) is 0 Å². The van der Waals surface area contributed by atoms with Crippen molar-refractivity contribution in [1.82, 2.24) is 10.0 Å². The van der Waals surface area contributed by atoms with Crippen LogP contribution in [0.1, 0.15) is 59.6 Å². The lowest BCUT2D eigenvalue weighted by atomic mass is 9.91. The van der Waals surface area contributed by atoms with Gasteiger partial charge in [-0.2, -0.15) is 4.72 Å². The number of thioether (sulfide) groups is 1. The predicted molar refractivity (Wildman–Crippen MR) is 244 cm³/mol. The number of carbonyl (C=O) groups excluding carboxylic acids is 2. The maximum atomic E-state index is 13.7. The van der Waals surface area contributed by atoms with E-state index in [1.54, 1.807) is 23.9 Å². The van der Waals surface area contributed by atoms with E-state index in [-0.39, 0.29) is 48.5 Å². The molecule has 12 heteroatoms. The lowest BCUT2D eigenvalue weighted by Crippen LogP contribution is -2.47. The zero-order valence-electron chi connectivity index (χ0n) is 34.9. The molecule has 1 aliphatic rings. The molecule has 6 aromatic carbocycles. The van der Waals surface area contributed by atoms with Gasteiger partial charge >= 0.3 is 0 Å². The Hall–Kier alpha value is -5.60. The number of benzene rings is 6. The first-order valence-electron chi connectivity index (χ1n) is 20.5. The molecule has 1 aliphatic heterocycles. The molecule has 1 heterocycles. The van der Waals surface area contributed by atoms with Gasteiger partial charge in [0, 0.05) is 41.3 Å². The van der Waals surface area contributed by atoms with E-state index in [4.69, 9.17) is 9.47 Å². The van der Waals surface area contributed by atoms with Crippen molar-refractivity contribution < 1.29 is 32.6 Å². The fraction of sp³-hybridized carbons (Fsp3) is 0.240. The van der Waals surface area contributed by atoms with E-state index in [2.05, 4.69) is 22.3 Å². The van der Waals surface area contributed by atoms with E-state index in [1.165, 1.54) is 19.1 Å². The molecule has 0 aliphatic carbocycles. The van der Waals surface area contributed by atoms with Crippen molar-refractivity contribution >= 4 is 39.3 Å². The van der Waals surface area contributed by atoms with Gasteiger partial charge in [-0.1, -0.05) is 122 Å². The van der Waals surface area contributed by atoms with Gasteiger partial charge in [0.2, 0.25) is 21.8 Å². The molecule has 0 saturated carbocycles. The van der Waals surface area contributed by atoms with Gasteiger partial charge in [-0.3, -0.25) is 9.59 Å². The summed E-state index contributed by atoms with van der Waals surface area (Å²) in [5, 5.41) is 15.4. The Morgan fingerprint density at radius 1 is 0.742 bits per heavy atom. The van der Waals surface area contributed by atoms with Crippen LogP contribution in [0.2, 0.25) is 0 Å². The number of hydrogen-bond donors (Lipinski definition) is 4. The zero-order chi connectivity index (χ0) is 43.6. The standard InChI is InChI=1S/C50H51N3O7S2/c1-33-12-26-45(27-13-33)62(57,58)53-46(29-36-8-5-4-6-9-36)49(56)51-30-38-10-7-11-42(28-38)39-18-20-41(21-19-39)50-59-47(32-61-44-24-22-43(23-25-44)52-35(3)55)34(2)48(60-50)40-16-14-37(31-54)15-17-40/h4-28,34,46-48,50,53-54H,29-32H2,1-3H3,(H,51,56)(H,52,55)/t34-,46-,47+,48+,50+/m1/s1. The first-order valence-corrected chi connectivity index (χ1v) is 23.0. The van der Waals surface area contributed by atoms with E-state index in [9.17, 15) is 23.1 Å². The molecule has 0 spiro atoms. The summed E-state index contributed by atoms with van der Waals surface area (Å²) < 4.78 is 42.8. The molecule has 5 atom stereocenters. The topological polar surface area (TPSA) is 143 Å². The number of ether oxygens (including phenoxy) is 2. The van der Waals surface area contributed by atoms with E-state index >= 15 is 0 Å². The average Bonchev–Trinajstić information content (AvgIpc) is 3.28. The van der Waals surface area contributed by atoms with Crippen LogP contribution < -0.4 is 15.4 Å². The van der Waals surface area contributed by atoms with Gasteiger partial charge in [-0.15, -0.1) is 11.8 Å². The SMILES string of the molecule is CC(=O)Nc1ccc(SC[C@@H]2O[C@H](c3ccc(-c4cccc(CNC(=O)[C@@H](Cc5ccccc5)NS(=O)(=O)c5ccc(C)cc5)c4)cc3)O[C@H](c3ccc(CO)cc3)[C@@H]2C)cc1. The van der Waals surface area contributed by atoms with Crippen molar-refractivity contribution in [3.63, 3.8) is 0 Å². The van der Waals surface area contributed by atoms with Crippen molar-refractivity contribution in [2.45, 2.75) is 74.7 Å². The minimum absolute atomic E-state index is 0.0156. The Kier molecular flexibility index (Phi) is 14.7.